The summed E-state index contributed by atoms with van der Waals surface area (Å²) in [6, 6.07) is 8.43. The molecule has 0 atom stereocenters. The summed E-state index contributed by atoms with van der Waals surface area (Å²) in [5, 5.41) is 3.41. The number of hydrogen-bond acceptors (Lipinski definition) is 3. The fraction of sp³-hybridized carbons (Fsp3) is 0.562. The van der Waals surface area contributed by atoms with E-state index in [0.29, 0.717) is 13.0 Å². The van der Waals surface area contributed by atoms with Crippen LogP contribution in [-0.2, 0) is 16.1 Å². The number of carbonyl (C=O) groups excluding carboxylic acids is 1. The van der Waals surface area contributed by atoms with Crippen molar-refractivity contribution in [2.45, 2.75) is 52.6 Å². The van der Waals surface area contributed by atoms with Crippen LogP contribution in [0.4, 0.5) is 0 Å². The van der Waals surface area contributed by atoms with Gasteiger partial charge in [-0.1, -0.05) is 36.8 Å². The molecule has 3 heteroatoms. The third kappa shape index (κ3) is 6.39. The Bertz CT molecular complexity index is 396. The van der Waals surface area contributed by atoms with E-state index >= 15 is 0 Å². The predicted octanol–water partition coefficient (Wildman–Crippen LogP) is 3.21. The van der Waals surface area contributed by atoms with Crippen molar-refractivity contribution in [3.63, 3.8) is 0 Å². The number of nitrogens with one attached hydrogen (secondary N) is 1. The Morgan fingerprint density at radius 2 is 1.89 bits per heavy atom. The second kappa shape index (κ2) is 7.29. The number of aryl methyl sites for hydroxylation is 1. The minimum absolute atomic E-state index is 0.118. The summed E-state index contributed by atoms with van der Waals surface area (Å²) in [4.78, 5) is 11.4. The number of rotatable bonds is 7. The molecule has 0 bridgehead atoms. The summed E-state index contributed by atoms with van der Waals surface area (Å²) in [5.41, 5.74) is 2.28. The monoisotopic (exact) mass is 263 g/mol. The van der Waals surface area contributed by atoms with Gasteiger partial charge in [0.25, 0.3) is 0 Å². The Morgan fingerprint density at radius 3 is 2.47 bits per heavy atom. The summed E-state index contributed by atoms with van der Waals surface area (Å²) in [5.74, 6) is -0.118. The van der Waals surface area contributed by atoms with Gasteiger partial charge in [0.2, 0.25) is 0 Å². The first kappa shape index (κ1) is 15.7. The van der Waals surface area contributed by atoms with Crippen molar-refractivity contribution < 1.29 is 9.53 Å². The minimum atomic E-state index is -0.214. The molecule has 0 saturated carbocycles. The highest BCUT2D eigenvalue weighted by Gasteiger charge is 2.19. The third-order valence-corrected chi connectivity index (χ3v) is 2.94. The molecule has 0 amide bonds. The van der Waals surface area contributed by atoms with Gasteiger partial charge in [-0.05, 0) is 32.8 Å². The predicted molar refractivity (Wildman–Crippen MR) is 78.0 cm³/mol. The van der Waals surface area contributed by atoms with E-state index in [1.165, 1.54) is 11.1 Å². The van der Waals surface area contributed by atoms with E-state index in [2.05, 4.69) is 36.5 Å². The summed E-state index contributed by atoms with van der Waals surface area (Å²) in [6.07, 6.45) is 1.32. The Morgan fingerprint density at radius 1 is 1.26 bits per heavy atom. The van der Waals surface area contributed by atoms with Gasteiger partial charge >= 0.3 is 5.97 Å². The van der Waals surface area contributed by atoms with Crippen molar-refractivity contribution in [1.82, 2.24) is 5.32 Å². The zero-order chi connectivity index (χ0) is 14.3. The molecule has 0 radical (unpaired) electrons. The van der Waals surface area contributed by atoms with E-state index in [-0.39, 0.29) is 11.5 Å². The molecular formula is C16H25NO2. The fourth-order valence-electron chi connectivity index (χ4n) is 1.64. The fourth-order valence-corrected chi connectivity index (χ4v) is 1.64. The maximum absolute atomic E-state index is 11.4. The molecule has 1 rings (SSSR count). The zero-order valence-electron chi connectivity index (χ0n) is 12.5. The lowest BCUT2D eigenvalue weighted by Gasteiger charge is -2.26. The first-order chi connectivity index (χ1) is 8.93. The average molecular weight is 263 g/mol. The standard InChI is InChI=1S/C16H25NO2/c1-5-6-15(18)19-12-16(3,4)17-11-14-9-7-13(2)8-10-14/h7-10,17H,5-6,11-12H2,1-4H3. The van der Waals surface area contributed by atoms with Crippen LogP contribution < -0.4 is 5.32 Å². The molecule has 3 nitrogen and oxygen atoms in total. The molecule has 0 saturated heterocycles. The highest BCUT2D eigenvalue weighted by atomic mass is 16.5. The van der Waals surface area contributed by atoms with Crippen LogP contribution >= 0.6 is 0 Å². The lowest BCUT2D eigenvalue weighted by atomic mass is 10.1. The van der Waals surface area contributed by atoms with Crippen LogP contribution in [0.2, 0.25) is 0 Å². The molecule has 19 heavy (non-hydrogen) atoms. The van der Waals surface area contributed by atoms with Crippen molar-refractivity contribution in [1.29, 1.82) is 0 Å². The Balaban J connectivity index is 2.37. The molecule has 0 aromatic heterocycles. The second-order valence-electron chi connectivity index (χ2n) is 5.63. The van der Waals surface area contributed by atoms with Crippen LogP contribution in [-0.4, -0.2) is 18.1 Å². The van der Waals surface area contributed by atoms with Crippen LogP contribution in [0.5, 0.6) is 0 Å². The maximum atomic E-state index is 11.4. The van der Waals surface area contributed by atoms with Crippen LogP contribution in [0.1, 0.15) is 44.7 Å². The molecule has 1 aromatic rings. The number of esters is 1. The highest BCUT2D eigenvalue weighted by Crippen LogP contribution is 2.08. The number of hydrogen-bond donors (Lipinski definition) is 1. The van der Waals surface area contributed by atoms with Gasteiger partial charge in [0.1, 0.15) is 6.61 Å². The topological polar surface area (TPSA) is 38.3 Å². The molecule has 0 heterocycles. The zero-order valence-corrected chi connectivity index (χ0v) is 12.5. The highest BCUT2D eigenvalue weighted by molar-refractivity contribution is 5.69. The largest absolute Gasteiger partial charge is 0.464 e. The Hall–Kier alpha value is -1.35. The van der Waals surface area contributed by atoms with E-state index in [9.17, 15) is 4.79 Å². The van der Waals surface area contributed by atoms with Gasteiger partial charge in [-0.15, -0.1) is 0 Å². The van der Waals surface area contributed by atoms with Gasteiger partial charge in [0, 0.05) is 18.5 Å². The van der Waals surface area contributed by atoms with E-state index < -0.39 is 0 Å². The van der Waals surface area contributed by atoms with Gasteiger partial charge in [0.05, 0.1) is 0 Å². The molecule has 1 aromatic carbocycles. The normalized spacial score (nSPS) is 11.4. The summed E-state index contributed by atoms with van der Waals surface area (Å²) >= 11 is 0. The van der Waals surface area contributed by atoms with Crippen molar-refractivity contribution in [2.24, 2.45) is 0 Å². The number of ether oxygens (including phenoxy) is 1. The average Bonchev–Trinajstić information content (AvgIpc) is 2.36. The van der Waals surface area contributed by atoms with Gasteiger partial charge in [-0.2, -0.15) is 0 Å². The molecule has 0 unspecified atom stereocenters. The number of carbonyl (C=O) groups is 1. The van der Waals surface area contributed by atoms with Crippen molar-refractivity contribution >= 4 is 5.97 Å². The molecule has 0 fully saturated rings. The molecular weight excluding hydrogens is 238 g/mol. The molecule has 0 aliphatic carbocycles. The van der Waals surface area contributed by atoms with Crippen molar-refractivity contribution in [3.05, 3.63) is 35.4 Å². The molecule has 0 aliphatic heterocycles. The summed E-state index contributed by atoms with van der Waals surface area (Å²) in [7, 11) is 0. The molecule has 1 N–H and O–H groups in total. The minimum Gasteiger partial charge on any atom is -0.464 e. The van der Waals surface area contributed by atoms with E-state index in [0.717, 1.165) is 13.0 Å². The van der Waals surface area contributed by atoms with Crippen LogP contribution in [0, 0.1) is 6.92 Å². The van der Waals surface area contributed by atoms with Gasteiger partial charge in [-0.3, -0.25) is 4.79 Å². The third-order valence-electron chi connectivity index (χ3n) is 2.94. The van der Waals surface area contributed by atoms with Crippen molar-refractivity contribution in [3.8, 4) is 0 Å². The second-order valence-corrected chi connectivity index (χ2v) is 5.63. The Labute approximate surface area is 116 Å². The smallest absolute Gasteiger partial charge is 0.305 e. The lowest BCUT2D eigenvalue weighted by Crippen LogP contribution is -2.43. The van der Waals surface area contributed by atoms with Crippen LogP contribution in [0.25, 0.3) is 0 Å². The van der Waals surface area contributed by atoms with E-state index in [1.54, 1.807) is 0 Å². The van der Waals surface area contributed by atoms with Crippen molar-refractivity contribution in [2.75, 3.05) is 6.61 Å². The summed E-state index contributed by atoms with van der Waals surface area (Å²) in [6.45, 7) is 9.31. The van der Waals surface area contributed by atoms with Gasteiger partial charge < -0.3 is 10.1 Å². The SMILES string of the molecule is CCCC(=O)OCC(C)(C)NCc1ccc(C)cc1. The summed E-state index contributed by atoms with van der Waals surface area (Å²) < 4.78 is 5.25. The van der Waals surface area contributed by atoms with Gasteiger partial charge in [-0.25, -0.2) is 0 Å². The van der Waals surface area contributed by atoms with Crippen LogP contribution in [0.15, 0.2) is 24.3 Å². The number of benzene rings is 1. The molecule has 0 spiro atoms. The molecule has 106 valence electrons. The Kier molecular flexibility index (Phi) is 6.03. The quantitative estimate of drug-likeness (QED) is 0.768. The van der Waals surface area contributed by atoms with Crippen LogP contribution in [0.3, 0.4) is 0 Å². The lowest BCUT2D eigenvalue weighted by molar-refractivity contribution is -0.145. The van der Waals surface area contributed by atoms with E-state index in [4.69, 9.17) is 4.74 Å². The first-order valence-corrected chi connectivity index (χ1v) is 6.89. The maximum Gasteiger partial charge on any atom is 0.305 e. The molecule has 0 aliphatic rings. The van der Waals surface area contributed by atoms with Gasteiger partial charge in [0.15, 0.2) is 0 Å². The van der Waals surface area contributed by atoms with E-state index in [1.807, 2.05) is 20.8 Å². The first-order valence-electron chi connectivity index (χ1n) is 6.89.